The van der Waals surface area contributed by atoms with Crippen LogP contribution in [0.4, 0.5) is 0 Å². The van der Waals surface area contributed by atoms with Crippen LogP contribution in [0.2, 0.25) is 0 Å². The van der Waals surface area contributed by atoms with E-state index in [-0.39, 0.29) is 0 Å². The molecule has 5 nitrogen and oxygen atoms in total. The highest BCUT2D eigenvalue weighted by Gasteiger charge is 2.22. The van der Waals surface area contributed by atoms with Crippen molar-refractivity contribution in [1.29, 1.82) is 0 Å². The maximum absolute atomic E-state index is 4.88. The number of rotatable bonds is 8. The lowest BCUT2D eigenvalue weighted by Gasteiger charge is -2.22. The van der Waals surface area contributed by atoms with E-state index in [0.717, 1.165) is 37.4 Å². The number of nitrogens with one attached hydrogen (secondary N) is 1. The van der Waals surface area contributed by atoms with E-state index < -0.39 is 0 Å². The number of benzene rings is 1. The van der Waals surface area contributed by atoms with Crippen LogP contribution in [0.5, 0.6) is 0 Å². The van der Waals surface area contributed by atoms with Gasteiger partial charge in [0.05, 0.1) is 12.2 Å². The molecule has 1 atom stereocenters. The number of nitrogens with zero attached hydrogens (tertiary/aromatic N) is 4. The Bertz CT molecular complexity index is 859. The zero-order valence-electron chi connectivity index (χ0n) is 16.6. The van der Waals surface area contributed by atoms with Crippen LogP contribution in [0.15, 0.2) is 61.1 Å². The summed E-state index contributed by atoms with van der Waals surface area (Å²) in [6.07, 6.45) is 8.49. The van der Waals surface area contributed by atoms with E-state index in [1.165, 1.54) is 30.5 Å². The highest BCUT2D eigenvalue weighted by molar-refractivity contribution is 5.61. The van der Waals surface area contributed by atoms with Crippen molar-refractivity contribution in [2.45, 2.75) is 38.9 Å². The summed E-state index contributed by atoms with van der Waals surface area (Å²) in [4.78, 5) is 6.86. The minimum Gasteiger partial charge on any atom is -0.311 e. The topological polar surface area (TPSA) is 46.0 Å². The molecule has 0 bridgehead atoms. The molecule has 0 radical (unpaired) electrons. The summed E-state index contributed by atoms with van der Waals surface area (Å²) in [7, 11) is 0. The van der Waals surface area contributed by atoms with Crippen molar-refractivity contribution in [2.24, 2.45) is 0 Å². The van der Waals surface area contributed by atoms with Crippen molar-refractivity contribution in [3.05, 3.63) is 72.2 Å². The first-order valence-corrected chi connectivity index (χ1v) is 10.3. The van der Waals surface area contributed by atoms with Gasteiger partial charge >= 0.3 is 0 Å². The van der Waals surface area contributed by atoms with Gasteiger partial charge in [-0.3, -0.25) is 14.6 Å². The Morgan fingerprint density at radius 2 is 2.04 bits per heavy atom. The number of pyridine rings is 1. The summed E-state index contributed by atoms with van der Waals surface area (Å²) in [5.74, 6) is 0. The fourth-order valence-corrected chi connectivity index (χ4v) is 4.11. The predicted molar refractivity (Wildman–Crippen MR) is 113 cm³/mol. The Kier molecular flexibility index (Phi) is 6.14. The van der Waals surface area contributed by atoms with Crippen LogP contribution in [-0.2, 0) is 13.1 Å². The first-order valence-electron chi connectivity index (χ1n) is 10.3. The Hall–Kier alpha value is -2.50. The van der Waals surface area contributed by atoms with Crippen LogP contribution >= 0.6 is 0 Å². The number of likely N-dealkylation sites (tertiary alicyclic amines) is 1. The highest BCUT2D eigenvalue weighted by atomic mass is 15.3. The fraction of sp³-hybridized carbons (Fsp3) is 0.391. The van der Waals surface area contributed by atoms with Gasteiger partial charge in [-0.15, -0.1) is 0 Å². The second kappa shape index (κ2) is 9.13. The van der Waals surface area contributed by atoms with Crippen LogP contribution in [0.1, 0.15) is 30.9 Å². The summed E-state index contributed by atoms with van der Waals surface area (Å²) in [6.45, 7) is 7.27. The predicted octanol–water partition coefficient (Wildman–Crippen LogP) is 3.57. The fourth-order valence-electron chi connectivity index (χ4n) is 4.11. The second-order valence-electron chi connectivity index (χ2n) is 7.48. The van der Waals surface area contributed by atoms with E-state index in [4.69, 9.17) is 5.10 Å². The van der Waals surface area contributed by atoms with E-state index in [1.807, 2.05) is 29.2 Å². The number of aromatic nitrogens is 3. The molecule has 1 N–H and O–H groups in total. The molecule has 1 aliphatic rings. The van der Waals surface area contributed by atoms with Crippen molar-refractivity contribution in [3.63, 3.8) is 0 Å². The molecule has 0 aliphatic carbocycles. The summed E-state index contributed by atoms with van der Waals surface area (Å²) in [5.41, 5.74) is 4.58. The highest BCUT2D eigenvalue weighted by Crippen LogP contribution is 2.22. The maximum Gasteiger partial charge on any atom is 0.0983 e. The van der Waals surface area contributed by atoms with Gasteiger partial charge < -0.3 is 5.32 Å². The lowest BCUT2D eigenvalue weighted by molar-refractivity contribution is 0.260. The number of hydrogen-bond donors (Lipinski definition) is 1. The third-order valence-electron chi connectivity index (χ3n) is 5.56. The Morgan fingerprint density at radius 1 is 1.14 bits per heavy atom. The van der Waals surface area contributed by atoms with Gasteiger partial charge in [0.1, 0.15) is 0 Å². The second-order valence-corrected chi connectivity index (χ2v) is 7.48. The maximum atomic E-state index is 4.88. The third-order valence-corrected chi connectivity index (χ3v) is 5.56. The molecule has 4 rings (SSSR count). The normalized spacial score (nSPS) is 17.2. The molecular weight excluding hydrogens is 346 g/mol. The summed E-state index contributed by atoms with van der Waals surface area (Å²) in [6, 6.07) is 15.2. The lowest BCUT2D eigenvalue weighted by atomic mass is 10.1. The minimum absolute atomic E-state index is 0.659. The average molecular weight is 376 g/mol. The summed E-state index contributed by atoms with van der Waals surface area (Å²) in [5, 5.41) is 8.56. The molecule has 0 spiro atoms. The SMILES string of the molecule is CCN1CCCC1CNCc1cn(Cc2ccccc2)nc1-c1cccnc1. The largest absolute Gasteiger partial charge is 0.311 e. The van der Waals surface area contributed by atoms with E-state index in [9.17, 15) is 0 Å². The Labute approximate surface area is 167 Å². The summed E-state index contributed by atoms with van der Waals surface area (Å²) >= 11 is 0. The van der Waals surface area contributed by atoms with Gasteiger partial charge in [0.15, 0.2) is 0 Å². The zero-order chi connectivity index (χ0) is 19.2. The van der Waals surface area contributed by atoms with Crippen LogP contribution in [0.3, 0.4) is 0 Å². The molecule has 3 aromatic rings. The first-order chi connectivity index (χ1) is 13.8. The smallest absolute Gasteiger partial charge is 0.0983 e. The van der Waals surface area contributed by atoms with Crippen molar-refractivity contribution < 1.29 is 0 Å². The molecule has 5 heteroatoms. The lowest BCUT2D eigenvalue weighted by Crippen LogP contribution is -2.37. The Balaban J connectivity index is 1.49. The minimum atomic E-state index is 0.659. The number of likely N-dealkylation sites (N-methyl/N-ethyl adjacent to an activating group) is 1. The van der Waals surface area contributed by atoms with E-state index >= 15 is 0 Å². The van der Waals surface area contributed by atoms with Gasteiger partial charge in [-0.25, -0.2) is 0 Å². The Morgan fingerprint density at radius 3 is 2.82 bits per heavy atom. The molecule has 146 valence electrons. The average Bonchev–Trinajstić information content (AvgIpc) is 3.36. The quantitative estimate of drug-likeness (QED) is 0.654. The van der Waals surface area contributed by atoms with Gasteiger partial charge in [0, 0.05) is 48.8 Å². The molecule has 1 fully saturated rings. The molecule has 3 heterocycles. The van der Waals surface area contributed by atoms with E-state index in [0.29, 0.717) is 6.04 Å². The van der Waals surface area contributed by atoms with Gasteiger partial charge in [-0.05, 0) is 43.6 Å². The van der Waals surface area contributed by atoms with Crippen molar-refractivity contribution in [2.75, 3.05) is 19.6 Å². The van der Waals surface area contributed by atoms with Gasteiger partial charge in [0.2, 0.25) is 0 Å². The van der Waals surface area contributed by atoms with Crippen LogP contribution in [0, 0.1) is 0 Å². The van der Waals surface area contributed by atoms with Gasteiger partial charge in [-0.2, -0.15) is 5.10 Å². The first kappa shape index (κ1) is 18.8. The van der Waals surface area contributed by atoms with E-state index in [2.05, 4.69) is 58.7 Å². The molecule has 2 aromatic heterocycles. The van der Waals surface area contributed by atoms with Crippen LogP contribution in [0.25, 0.3) is 11.3 Å². The molecule has 28 heavy (non-hydrogen) atoms. The molecule has 1 unspecified atom stereocenters. The van der Waals surface area contributed by atoms with Crippen molar-refractivity contribution in [1.82, 2.24) is 25.0 Å². The molecule has 0 saturated carbocycles. The molecule has 1 saturated heterocycles. The van der Waals surface area contributed by atoms with Crippen LogP contribution in [-0.4, -0.2) is 45.3 Å². The van der Waals surface area contributed by atoms with E-state index in [1.54, 1.807) is 0 Å². The van der Waals surface area contributed by atoms with Gasteiger partial charge in [-0.1, -0.05) is 37.3 Å². The van der Waals surface area contributed by atoms with Crippen molar-refractivity contribution in [3.8, 4) is 11.3 Å². The zero-order valence-corrected chi connectivity index (χ0v) is 16.6. The monoisotopic (exact) mass is 375 g/mol. The standard InChI is InChI=1S/C23H29N5/c1-2-27-13-7-11-22(27)16-25-15-21-18-28(17-19-8-4-3-5-9-19)26-23(21)20-10-6-12-24-14-20/h3-6,8-10,12,14,18,22,25H,2,7,11,13,15-17H2,1H3. The molecule has 0 amide bonds. The third kappa shape index (κ3) is 4.49. The van der Waals surface area contributed by atoms with Crippen molar-refractivity contribution >= 4 is 0 Å². The molecular formula is C23H29N5. The molecule has 1 aromatic carbocycles. The summed E-state index contributed by atoms with van der Waals surface area (Å²) < 4.78 is 2.04. The molecule has 1 aliphatic heterocycles. The number of hydrogen-bond acceptors (Lipinski definition) is 4. The van der Waals surface area contributed by atoms with Crippen LogP contribution < -0.4 is 5.32 Å². The van der Waals surface area contributed by atoms with Gasteiger partial charge in [0.25, 0.3) is 0 Å².